The molecule has 0 spiro atoms. The van der Waals surface area contributed by atoms with Gasteiger partial charge in [0, 0.05) is 49.1 Å². The second-order valence-electron chi connectivity index (χ2n) is 13.1. The van der Waals surface area contributed by atoms with Crippen LogP contribution in [0.25, 0.3) is 22.6 Å². The first-order valence-corrected chi connectivity index (χ1v) is 16.1. The van der Waals surface area contributed by atoms with Gasteiger partial charge in [0.15, 0.2) is 5.69 Å². The van der Waals surface area contributed by atoms with Crippen molar-refractivity contribution in [2.24, 2.45) is 0 Å². The lowest BCUT2D eigenvalue weighted by atomic mass is 9.88. The molecule has 0 saturated heterocycles. The third-order valence-electron chi connectivity index (χ3n) is 9.70. The number of pyridine rings is 1. The average molecular weight is 613 g/mol. The van der Waals surface area contributed by atoms with Crippen LogP contribution in [0.1, 0.15) is 89.4 Å². The summed E-state index contributed by atoms with van der Waals surface area (Å²) < 4.78 is 29.1. The van der Waals surface area contributed by atoms with Crippen molar-refractivity contribution in [1.29, 1.82) is 0 Å². The predicted molar refractivity (Wildman–Crippen MR) is 173 cm³/mol. The van der Waals surface area contributed by atoms with E-state index in [0.717, 1.165) is 49.3 Å². The van der Waals surface area contributed by atoms with Crippen molar-refractivity contribution >= 4 is 5.97 Å². The van der Waals surface area contributed by atoms with Gasteiger partial charge in [0.1, 0.15) is 0 Å². The number of halogens is 2. The van der Waals surface area contributed by atoms with Gasteiger partial charge < -0.3 is 5.11 Å². The van der Waals surface area contributed by atoms with Crippen molar-refractivity contribution < 1.29 is 18.7 Å². The third-order valence-corrected chi connectivity index (χ3v) is 9.70. The zero-order valence-corrected chi connectivity index (χ0v) is 26.6. The Bertz CT molecular complexity index is 1720. The van der Waals surface area contributed by atoms with Gasteiger partial charge in [-0.3, -0.25) is 9.58 Å². The first-order valence-electron chi connectivity index (χ1n) is 16.1. The minimum Gasteiger partial charge on any atom is -0.476 e. The number of benzene rings is 2. The van der Waals surface area contributed by atoms with Gasteiger partial charge in [-0.1, -0.05) is 42.5 Å². The van der Waals surface area contributed by atoms with Gasteiger partial charge in [-0.05, 0) is 99.7 Å². The summed E-state index contributed by atoms with van der Waals surface area (Å²) in [5.74, 6) is -3.53. The molecule has 6 rings (SSSR count). The largest absolute Gasteiger partial charge is 0.476 e. The quantitative estimate of drug-likeness (QED) is 0.217. The molecule has 3 heterocycles. The first kappa shape index (κ1) is 31.1. The molecule has 8 heteroatoms. The van der Waals surface area contributed by atoms with E-state index in [2.05, 4.69) is 53.3 Å². The zero-order valence-electron chi connectivity index (χ0n) is 26.6. The number of alkyl halides is 2. The molecule has 0 unspecified atom stereocenters. The molecule has 6 nitrogen and oxygen atoms in total. The van der Waals surface area contributed by atoms with Crippen molar-refractivity contribution in [2.45, 2.75) is 97.2 Å². The second-order valence-corrected chi connectivity index (χ2v) is 13.1. The molecule has 0 radical (unpaired) electrons. The lowest BCUT2D eigenvalue weighted by Gasteiger charge is -2.39. The number of hydrogen-bond donors (Lipinski definition) is 1. The summed E-state index contributed by atoms with van der Waals surface area (Å²) in [6.07, 6.45) is 3.90. The van der Waals surface area contributed by atoms with E-state index in [-0.39, 0.29) is 30.6 Å². The maximum Gasteiger partial charge on any atom is 0.356 e. The fraction of sp³-hybridized carbons (Fsp3) is 0.432. The highest BCUT2D eigenvalue weighted by Crippen LogP contribution is 2.37. The lowest BCUT2D eigenvalue weighted by Crippen LogP contribution is -2.43. The van der Waals surface area contributed by atoms with E-state index in [9.17, 15) is 18.7 Å². The van der Waals surface area contributed by atoms with Gasteiger partial charge in [-0.15, -0.1) is 0 Å². The monoisotopic (exact) mass is 612 g/mol. The van der Waals surface area contributed by atoms with E-state index in [1.165, 1.54) is 27.8 Å². The van der Waals surface area contributed by atoms with Crippen LogP contribution in [-0.2, 0) is 25.8 Å². The maximum atomic E-state index is 13.7. The highest BCUT2D eigenvalue weighted by Gasteiger charge is 2.37. The van der Waals surface area contributed by atoms with Crippen LogP contribution >= 0.6 is 0 Å². The standard InChI is InChI=1S/C37H42F2N4O2/c1-23(2)43-35(25(4)34(41-43)36(44)45)33-10-6-9-32(40-33)31-8-5-7-24(3)30(31)14-12-26-11-13-28-22-42(20-17-27(28)21-26)29-15-18-37(38,39)19-16-29/h5-11,13,21,23,29H,12,14-20,22H2,1-4H3,(H,44,45). The number of carbonyl (C=O) groups is 1. The van der Waals surface area contributed by atoms with E-state index in [1.54, 1.807) is 11.6 Å². The smallest absolute Gasteiger partial charge is 0.356 e. The molecule has 0 bridgehead atoms. The van der Waals surface area contributed by atoms with E-state index in [4.69, 9.17) is 4.98 Å². The Morgan fingerprint density at radius 1 is 1.00 bits per heavy atom. The van der Waals surface area contributed by atoms with Crippen molar-refractivity contribution in [1.82, 2.24) is 19.7 Å². The fourth-order valence-electron chi connectivity index (χ4n) is 7.15. The molecule has 4 aromatic rings. The van der Waals surface area contributed by atoms with Crippen molar-refractivity contribution in [3.63, 3.8) is 0 Å². The number of fused-ring (bicyclic) bond motifs is 1. The van der Waals surface area contributed by atoms with Crippen LogP contribution < -0.4 is 0 Å². The number of rotatable bonds is 8. The van der Waals surface area contributed by atoms with E-state index < -0.39 is 11.9 Å². The third kappa shape index (κ3) is 6.43. The van der Waals surface area contributed by atoms with Crippen LogP contribution in [0.4, 0.5) is 8.78 Å². The summed E-state index contributed by atoms with van der Waals surface area (Å²) >= 11 is 0. The first-order chi connectivity index (χ1) is 21.5. The van der Waals surface area contributed by atoms with Crippen LogP contribution in [0, 0.1) is 13.8 Å². The summed E-state index contributed by atoms with van der Waals surface area (Å²) in [6.45, 7) is 9.69. The molecule has 1 N–H and O–H groups in total. The molecule has 1 fully saturated rings. The SMILES string of the molecule is Cc1cccc(-c2cccc(-c3c(C)c(C(=O)O)nn3C(C)C)n2)c1CCc1ccc2c(c1)CCN(C1CCC(F)(F)CC1)C2. The van der Waals surface area contributed by atoms with Crippen LogP contribution in [-0.4, -0.2) is 49.2 Å². The summed E-state index contributed by atoms with van der Waals surface area (Å²) in [6, 6.07) is 19.3. The number of nitrogens with zero attached hydrogens (tertiary/aromatic N) is 4. The van der Waals surface area contributed by atoms with E-state index >= 15 is 0 Å². The Morgan fingerprint density at radius 3 is 2.47 bits per heavy atom. The number of carboxylic acids is 1. The van der Waals surface area contributed by atoms with Crippen LogP contribution in [0.15, 0.2) is 54.6 Å². The normalized spacial score (nSPS) is 17.0. The highest BCUT2D eigenvalue weighted by atomic mass is 19.3. The molecule has 45 heavy (non-hydrogen) atoms. The van der Waals surface area contributed by atoms with Crippen molar-refractivity contribution in [2.75, 3.05) is 6.54 Å². The summed E-state index contributed by atoms with van der Waals surface area (Å²) in [4.78, 5) is 19.3. The molecule has 2 aliphatic rings. The van der Waals surface area contributed by atoms with Gasteiger partial charge in [0.05, 0.1) is 17.1 Å². The molecule has 2 aromatic heterocycles. The molecular formula is C37H42F2N4O2. The van der Waals surface area contributed by atoms with Crippen molar-refractivity contribution in [3.8, 4) is 22.6 Å². The molecule has 0 amide bonds. The summed E-state index contributed by atoms with van der Waals surface area (Å²) in [7, 11) is 0. The van der Waals surface area contributed by atoms with Gasteiger partial charge in [-0.25, -0.2) is 18.6 Å². The van der Waals surface area contributed by atoms with Crippen molar-refractivity contribution in [3.05, 3.63) is 93.7 Å². The Hall–Kier alpha value is -3.91. The van der Waals surface area contributed by atoms with Crippen LogP contribution in [0.2, 0.25) is 0 Å². The minimum absolute atomic E-state index is 0.00856. The summed E-state index contributed by atoms with van der Waals surface area (Å²) in [5, 5.41) is 14.1. The predicted octanol–water partition coefficient (Wildman–Crippen LogP) is 8.23. The highest BCUT2D eigenvalue weighted by molar-refractivity contribution is 5.89. The Morgan fingerprint density at radius 2 is 1.73 bits per heavy atom. The maximum absolute atomic E-state index is 13.7. The molecule has 2 aromatic carbocycles. The molecule has 1 saturated carbocycles. The van der Waals surface area contributed by atoms with E-state index in [0.29, 0.717) is 24.1 Å². The topological polar surface area (TPSA) is 71.2 Å². The molecule has 1 aliphatic carbocycles. The number of aromatic carboxylic acids is 1. The Labute approximate surface area is 264 Å². The number of aryl methyl sites for hydroxylation is 2. The van der Waals surface area contributed by atoms with Gasteiger partial charge in [-0.2, -0.15) is 5.10 Å². The Kier molecular flexibility index (Phi) is 8.61. The number of carboxylic acid groups (broad SMARTS) is 1. The number of hydrogen-bond acceptors (Lipinski definition) is 4. The zero-order chi connectivity index (χ0) is 31.9. The van der Waals surface area contributed by atoms with Gasteiger partial charge in [0.2, 0.25) is 5.92 Å². The van der Waals surface area contributed by atoms with E-state index in [1.807, 2.05) is 32.0 Å². The number of aromatic nitrogens is 3. The molecule has 1 aliphatic heterocycles. The lowest BCUT2D eigenvalue weighted by molar-refractivity contribution is -0.0552. The van der Waals surface area contributed by atoms with Gasteiger partial charge in [0.25, 0.3) is 0 Å². The fourth-order valence-corrected chi connectivity index (χ4v) is 7.15. The molecule has 236 valence electrons. The molecular weight excluding hydrogens is 570 g/mol. The van der Waals surface area contributed by atoms with Crippen LogP contribution in [0.5, 0.6) is 0 Å². The second kappa shape index (κ2) is 12.5. The minimum atomic E-state index is -2.49. The Balaban J connectivity index is 1.21. The average Bonchev–Trinajstić information content (AvgIpc) is 3.38. The molecule has 0 atom stereocenters. The van der Waals surface area contributed by atoms with Gasteiger partial charge >= 0.3 is 5.97 Å². The summed E-state index contributed by atoms with van der Waals surface area (Å²) in [5.41, 5.74) is 10.5. The van der Waals surface area contributed by atoms with Crippen LogP contribution in [0.3, 0.4) is 0 Å².